The molecule has 0 spiro atoms. The number of alkyl halides is 3. The summed E-state index contributed by atoms with van der Waals surface area (Å²) in [5, 5.41) is 32.4. The summed E-state index contributed by atoms with van der Waals surface area (Å²) < 4.78 is 37.2. The number of aromatic nitrogens is 9. The van der Waals surface area contributed by atoms with Gasteiger partial charge in [0.1, 0.15) is 25.9 Å². The van der Waals surface area contributed by atoms with E-state index < -0.39 is 11.2 Å². The summed E-state index contributed by atoms with van der Waals surface area (Å²) in [6.07, 6.45) is -4.37. The van der Waals surface area contributed by atoms with E-state index in [1.54, 1.807) is 43.4 Å². The molecule has 0 bridgehead atoms. The average Bonchev–Trinajstić information content (AvgIpc) is 3.75. The van der Waals surface area contributed by atoms with Crippen molar-refractivity contribution in [1.29, 1.82) is 0 Å². The fraction of sp³-hybridized carbons (Fsp3) is 0.576. The minimum Gasteiger partial charge on any atom is -0.262 e. The number of rotatable bonds is 1. The minimum atomic E-state index is -4.37. The number of benzene rings is 1. The van der Waals surface area contributed by atoms with Crippen LogP contribution < -0.4 is 0 Å². The van der Waals surface area contributed by atoms with E-state index in [1.165, 1.54) is 0 Å². The Morgan fingerprint density at radius 1 is 0.592 bits per heavy atom. The molecule has 5 rings (SSSR count). The number of H-pyrrole nitrogens is 1. The second-order valence-corrected chi connectivity index (χ2v) is 19.2. The van der Waals surface area contributed by atoms with Crippen molar-refractivity contribution in [3.05, 3.63) is 65.1 Å². The number of hydrogen-bond donors (Lipinski definition) is 1. The van der Waals surface area contributed by atoms with Gasteiger partial charge in [-0.25, -0.2) is 4.98 Å². The Labute approximate surface area is 309 Å². The summed E-state index contributed by atoms with van der Waals surface area (Å²) in [4.78, 5) is 4.49. The number of aromatic amines is 1. The smallest absolute Gasteiger partial charge is 0.262 e. The van der Waals surface area contributed by atoms with E-state index in [2.05, 4.69) is 124 Å². The van der Waals surface area contributed by atoms with Crippen LogP contribution in [0.25, 0.3) is 11.4 Å². The summed E-state index contributed by atoms with van der Waals surface area (Å²) in [7, 11) is 0. The molecule has 0 fully saturated rings. The lowest BCUT2D eigenvalue weighted by Gasteiger charge is -2.12. The molecule has 272 valence electrons. The summed E-state index contributed by atoms with van der Waals surface area (Å²) in [6.45, 7) is 26.5. The highest BCUT2D eigenvalue weighted by Gasteiger charge is 2.37. The average molecular weight is 805 g/mol. The van der Waals surface area contributed by atoms with Crippen molar-refractivity contribution >= 4 is 49.9 Å². The highest BCUT2D eigenvalue weighted by Crippen LogP contribution is 2.35. The molecule has 0 unspecified atom stereocenters. The molecule has 0 aliphatic carbocycles. The monoisotopic (exact) mass is 803 g/mol. The van der Waals surface area contributed by atoms with Crippen molar-refractivity contribution in [3.63, 3.8) is 0 Å². The van der Waals surface area contributed by atoms with Crippen LogP contribution in [0.15, 0.2) is 34.2 Å². The summed E-state index contributed by atoms with van der Waals surface area (Å²) >= 11 is 7.13. The van der Waals surface area contributed by atoms with Crippen molar-refractivity contribution in [1.82, 2.24) is 45.8 Å². The van der Waals surface area contributed by atoms with E-state index in [0.29, 0.717) is 16.3 Å². The van der Waals surface area contributed by atoms with E-state index >= 15 is 0 Å². The summed E-state index contributed by atoms with van der Waals surface area (Å²) in [6, 6.07) is 9.98. The Morgan fingerprint density at radius 3 is 1.35 bits per heavy atom. The Balaban J connectivity index is 0.000000329. The van der Waals surface area contributed by atoms with Gasteiger partial charge in [0, 0.05) is 27.2 Å². The van der Waals surface area contributed by atoms with E-state index in [0.717, 1.165) is 36.2 Å². The van der Waals surface area contributed by atoms with Crippen LogP contribution in [0.5, 0.6) is 0 Å². The largest absolute Gasteiger partial charge is 0.445 e. The first-order valence-corrected chi connectivity index (χ1v) is 18.2. The molecule has 0 atom stereocenters. The lowest BCUT2D eigenvalue weighted by molar-refractivity contribution is -0.138. The molecule has 0 aliphatic rings. The quantitative estimate of drug-likeness (QED) is 0.178. The number of nitrogens with zero attached hydrogens (tertiary/aromatic N) is 8. The van der Waals surface area contributed by atoms with Crippen molar-refractivity contribution in [2.45, 2.75) is 125 Å². The second kappa shape index (κ2) is 17.5. The molecular weight excluding hydrogens is 756 g/mol. The standard InChI is InChI=1S/C12H15N3.C7H9F3N2S.C7H12N2S.C6H9BrN2S.CH4/c1-12(2,3)11-13-10(14-15-11)9-7-5-4-6-8-9;1-6(2,3)4-11-12-5(13-4)7(8,9)10;1-5-8-9-6(10-5)7(2,3)4;1-6(2,3)4-8-9-5(7)10-4;/h4-8H,1-3H3,(H,13,14,15);1-3H3;1-4H3;1-3H3;1H4. The van der Waals surface area contributed by atoms with Gasteiger partial charge in [-0.2, -0.15) is 18.3 Å². The lowest BCUT2D eigenvalue weighted by atomic mass is 9.96. The molecule has 0 radical (unpaired) electrons. The van der Waals surface area contributed by atoms with Gasteiger partial charge in [-0.1, -0.05) is 144 Å². The lowest BCUT2D eigenvalue weighted by Crippen LogP contribution is -2.13. The van der Waals surface area contributed by atoms with Crippen LogP contribution >= 0.6 is 49.9 Å². The first-order valence-electron chi connectivity index (χ1n) is 15.0. The molecule has 0 saturated heterocycles. The van der Waals surface area contributed by atoms with Gasteiger partial charge in [-0.15, -0.1) is 41.9 Å². The number of aryl methyl sites for hydroxylation is 1. The Bertz CT molecular complexity index is 1610. The van der Waals surface area contributed by atoms with Crippen LogP contribution in [0.1, 0.15) is 121 Å². The molecule has 16 heteroatoms. The number of halogens is 4. The van der Waals surface area contributed by atoms with E-state index in [4.69, 9.17) is 0 Å². The molecule has 0 saturated carbocycles. The first kappa shape index (κ1) is 44.3. The van der Waals surface area contributed by atoms with Crippen LogP contribution in [0.4, 0.5) is 13.2 Å². The van der Waals surface area contributed by atoms with E-state index in [9.17, 15) is 13.2 Å². The predicted octanol–water partition coefficient (Wildman–Crippen LogP) is 11.0. The minimum absolute atomic E-state index is 0. The Kier molecular flexibility index (Phi) is 15.8. The van der Waals surface area contributed by atoms with Crippen LogP contribution in [0, 0.1) is 6.92 Å². The van der Waals surface area contributed by atoms with Crippen LogP contribution in [0.2, 0.25) is 0 Å². The van der Waals surface area contributed by atoms with Crippen molar-refractivity contribution in [2.24, 2.45) is 0 Å². The van der Waals surface area contributed by atoms with Gasteiger partial charge in [0.05, 0.1) is 0 Å². The van der Waals surface area contributed by atoms with Crippen molar-refractivity contribution in [2.75, 3.05) is 0 Å². The fourth-order valence-electron chi connectivity index (χ4n) is 3.06. The van der Waals surface area contributed by atoms with Gasteiger partial charge in [-0.05, 0) is 22.9 Å². The number of nitrogens with one attached hydrogen (secondary N) is 1. The van der Waals surface area contributed by atoms with Gasteiger partial charge in [-0.3, -0.25) is 5.10 Å². The molecule has 4 heterocycles. The van der Waals surface area contributed by atoms with Gasteiger partial charge < -0.3 is 0 Å². The van der Waals surface area contributed by atoms with Gasteiger partial charge >= 0.3 is 6.18 Å². The van der Waals surface area contributed by atoms with Gasteiger partial charge in [0.25, 0.3) is 0 Å². The first-order chi connectivity index (χ1) is 21.8. The molecule has 1 aromatic carbocycles. The Morgan fingerprint density at radius 2 is 1.04 bits per heavy atom. The summed E-state index contributed by atoms with van der Waals surface area (Å²) in [5.74, 6) is 1.68. The number of hydrogen-bond acceptors (Lipinski definition) is 11. The summed E-state index contributed by atoms with van der Waals surface area (Å²) in [5.41, 5.74) is 0.973. The van der Waals surface area contributed by atoms with E-state index in [-0.39, 0.29) is 29.1 Å². The molecule has 0 amide bonds. The molecule has 9 nitrogen and oxygen atoms in total. The zero-order chi connectivity index (χ0) is 36.7. The molecule has 1 N–H and O–H groups in total. The van der Waals surface area contributed by atoms with Crippen molar-refractivity contribution < 1.29 is 13.2 Å². The van der Waals surface area contributed by atoms with Crippen LogP contribution in [-0.2, 0) is 27.8 Å². The van der Waals surface area contributed by atoms with E-state index in [1.807, 2.05) is 37.3 Å². The third-order valence-corrected chi connectivity index (χ3v) is 10.2. The maximum Gasteiger partial charge on any atom is 0.445 e. The van der Waals surface area contributed by atoms with Gasteiger partial charge in [0.2, 0.25) is 5.01 Å². The van der Waals surface area contributed by atoms with Gasteiger partial charge in [0.15, 0.2) is 9.74 Å². The third-order valence-electron chi connectivity index (χ3n) is 5.75. The van der Waals surface area contributed by atoms with Crippen LogP contribution in [0.3, 0.4) is 0 Å². The van der Waals surface area contributed by atoms with Crippen LogP contribution in [-0.4, -0.2) is 45.8 Å². The zero-order valence-corrected chi connectivity index (χ0v) is 33.7. The molecular formula is C33H49BrF3N9S3. The maximum absolute atomic E-state index is 12.1. The molecule has 5 aromatic rings. The fourth-order valence-corrected chi connectivity index (χ4v) is 5.75. The normalized spacial score (nSPS) is 12.0. The zero-order valence-electron chi connectivity index (χ0n) is 29.7. The maximum atomic E-state index is 12.1. The second-order valence-electron chi connectivity index (χ2n) is 14.8. The molecule has 0 aliphatic heterocycles. The topological polar surface area (TPSA) is 119 Å². The Hall–Kier alpha value is -2.69. The molecule has 4 aromatic heterocycles. The van der Waals surface area contributed by atoms with Crippen molar-refractivity contribution in [3.8, 4) is 11.4 Å². The predicted molar refractivity (Wildman–Crippen MR) is 201 cm³/mol. The highest BCUT2D eigenvalue weighted by atomic mass is 79.9. The molecule has 49 heavy (non-hydrogen) atoms. The SMILES string of the molecule is C.CC(C)(C)c1nc(-c2ccccc2)n[nH]1.CC(C)(C)c1nnc(Br)s1.CC(C)(C)c1nnc(C(F)(F)F)s1.Cc1nnc(C(C)(C)C)s1. The third kappa shape index (κ3) is 15.0. The highest BCUT2D eigenvalue weighted by molar-refractivity contribution is 9.11.